The fourth-order valence-electron chi connectivity index (χ4n) is 3.72. The van der Waals surface area contributed by atoms with Gasteiger partial charge in [0.2, 0.25) is 0 Å². The summed E-state index contributed by atoms with van der Waals surface area (Å²) in [5.74, 6) is 1.14. The lowest BCUT2D eigenvalue weighted by Crippen LogP contribution is -2.42. The molecule has 138 valence electrons. The Bertz CT molecular complexity index is 949. The van der Waals surface area contributed by atoms with Crippen molar-refractivity contribution in [2.24, 2.45) is 0 Å². The zero-order chi connectivity index (χ0) is 18.8. The van der Waals surface area contributed by atoms with Crippen molar-refractivity contribution in [3.05, 3.63) is 83.7 Å². The molecule has 1 aliphatic rings. The maximum Gasteiger partial charge on any atom is 0.258 e. The number of hydrogen-bond acceptors (Lipinski definition) is 3. The van der Waals surface area contributed by atoms with Crippen LogP contribution in [0.2, 0.25) is 0 Å². The molecule has 0 aliphatic carbocycles. The van der Waals surface area contributed by atoms with Crippen molar-refractivity contribution in [2.75, 3.05) is 20.8 Å². The van der Waals surface area contributed by atoms with E-state index in [2.05, 4.69) is 29.0 Å². The normalized spacial score (nSPS) is 15.9. The highest BCUT2D eigenvalue weighted by atomic mass is 16.5. The van der Waals surface area contributed by atoms with Crippen molar-refractivity contribution in [3.63, 3.8) is 0 Å². The van der Waals surface area contributed by atoms with Crippen LogP contribution in [-0.4, -0.2) is 36.1 Å². The van der Waals surface area contributed by atoms with Crippen LogP contribution in [0.25, 0.3) is 0 Å². The summed E-state index contributed by atoms with van der Waals surface area (Å²) in [6.07, 6.45) is 2.07. The topological polar surface area (TPSA) is 43.7 Å². The third-order valence-corrected chi connectivity index (χ3v) is 5.05. The first-order valence-corrected chi connectivity index (χ1v) is 8.96. The number of aromatic nitrogens is 1. The number of methoxy groups -OCH3 is 2. The van der Waals surface area contributed by atoms with Crippen LogP contribution in [-0.2, 0) is 6.54 Å². The zero-order valence-corrected chi connectivity index (χ0v) is 15.5. The summed E-state index contributed by atoms with van der Waals surface area (Å²) >= 11 is 0. The number of fused-ring (bicyclic) bond motifs is 1. The van der Waals surface area contributed by atoms with Crippen LogP contribution in [0, 0.1) is 0 Å². The molecular weight excluding hydrogens is 340 g/mol. The minimum atomic E-state index is -0.130. The van der Waals surface area contributed by atoms with Crippen molar-refractivity contribution in [1.29, 1.82) is 0 Å². The average Bonchev–Trinajstić information content (AvgIpc) is 3.21. The quantitative estimate of drug-likeness (QED) is 0.710. The van der Waals surface area contributed by atoms with Crippen LogP contribution in [0.15, 0.2) is 66.9 Å². The van der Waals surface area contributed by atoms with Crippen molar-refractivity contribution < 1.29 is 14.3 Å². The standard InChI is InChI=1S/C22H22N2O3/c1-26-17-10-11-18(20(15-17)27-2)22(25)24-14-13-23-12-6-9-19(23)21(24)16-7-4-3-5-8-16/h3-12,15,21H,13-14H2,1-2H3. The van der Waals surface area contributed by atoms with Crippen LogP contribution in [0.3, 0.4) is 0 Å². The molecule has 0 saturated heterocycles. The van der Waals surface area contributed by atoms with Crippen molar-refractivity contribution >= 4 is 5.91 Å². The average molecular weight is 362 g/mol. The second-order valence-corrected chi connectivity index (χ2v) is 6.50. The van der Waals surface area contributed by atoms with Gasteiger partial charge < -0.3 is 18.9 Å². The van der Waals surface area contributed by atoms with Gasteiger partial charge in [0.1, 0.15) is 11.5 Å². The number of nitrogens with zero attached hydrogens (tertiary/aromatic N) is 2. The van der Waals surface area contributed by atoms with Gasteiger partial charge in [0.05, 0.1) is 25.8 Å². The molecule has 1 aliphatic heterocycles. The van der Waals surface area contributed by atoms with E-state index in [4.69, 9.17) is 9.47 Å². The monoisotopic (exact) mass is 362 g/mol. The molecule has 5 heteroatoms. The summed E-state index contributed by atoms with van der Waals surface area (Å²) in [5, 5.41) is 0. The van der Waals surface area contributed by atoms with E-state index in [9.17, 15) is 4.79 Å². The molecule has 1 amide bonds. The maximum atomic E-state index is 13.5. The summed E-state index contributed by atoms with van der Waals surface area (Å²) in [5.41, 5.74) is 2.76. The molecule has 27 heavy (non-hydrogen) atoms. The van der Waals surface area contributed by atoms with Gasteiger partial charge in [-0.3, -0.25) is 4.79 Å². The fourth-order valence-corrected chi connectivity index (χ4v) is 3.72. The first-order chi connectivity index (χ1) is 13.2. The van der Waals surface area contributed by atoms with E-state index < -0.39 is 0 Å². The van der Waals surface area contributed by atoms with Crippen LogP contribution in [0.5, 0.6) is 11.5 Å². The van der Waals surface area contributed by atoms with Gasteiger partial charge in [-0.15, -0.1) is 0 Å². The molecule has 0 radical (unpaired) electrons. The summed E-state index contributed by atoms with van der Waals surface area (Å²) in [6, 6.07) is 19.4. The predicted molar refractivity (Wildman–Crippen MR) is 103 cm³/mol. The molecule has 0 fully saturated rings. The Kier molecular flexibility index (Phi) is 4.59. The minimum Gasteiger partial charge on any atom is -0.497 e. The SMILES string of the molecule is COc1ccc(C(=O)N2CCn3cccc3C2c2ccccc2)c(OC)c1. The lowest BCUT2D eigenvalue weighted by Gasteiger charge is -2.37. The van der Waals surface area contributed by atoms with Crippen molar-refractivity contribution in [2.45, 2.75) is 12.6 Å². The van der Waals surface area contributed by atoms with Gasteiger partial charge in [-0.2, -0.15) is 0 Å². The van der Waals surface area contributed by atoms with Gasteiger partial charge in [-0.1, -0.05) is 30.3 Å². The first kappa shape index (κ1) is 17.2. The number of carbonyl (C=O) groups excluding carboxylic acids is 1. The smallest absolute Gasteiger partial charge is 0.258 e. The van der Waals surface area contributed by atoms with E-state index in [1.807, 2.05) is 29.2 Å². The summed E-state index contributed by atoms with van der Waals surface area (Å²) in [7, 11) is 3.17. The molecule has 2 aromatic carbocycles. The van der Waals surface area contributed by atoms with E-state index in [0.29, 0.717) is 23.6 Å². The van der Waals surface area contributed by atoms with Gasteiger partial charge in [0, 0.05) is 31.0 Å². The Morgan fingerprint density at radius 2 is 1.78 bits per heavy atom. The van der Waals surface area contributed by atoms with E-state index in [1.165, 1.54) is 0 Å². The van der Waals surface area contributed by atoms with E-state index in [0.717, 1.165) is 17.8 Å². The summed E-state index contributed by atoms with van der Waals surface area (Å²) < 4.78 is 12.9. The number of carbonyl (C=O) groups is 1. The molecule has 1 aromatic heterocycles. The summed E-state index contributed by atoms with van der Waals surface area (Å²) in [6.45, 7) is 1.41. The maximum absolute atomic E-state index is 13.5. The van der Waals surface area contributed by atoms with E-state index in [-0.39, 0.29) is 11.9 Å². The molecule has 1 unspecified atom stereocenters. The largest absolute Gasteiger partial charge is 0.497 e. The molecule has 4 rings (SSSR count). The summed E-state index contributed by atoms with van der Waals surface area (Å²) in [4.78, 5) is 15.4. The van der Waals surface area contributed by atoms with Crippen LogP contribution in [0.1, 0.15) is 27.7 Å². The third-order valence-electron chi connectivity index (χ3n) is 5.05. The predicted octanol–water partition coefficient (Wildman–Crippen LogP) is 3.75. The number of rotatable bonds is 4. The second kappa shape index (κ2) is 7.19. The zero-order valence-electron chi connectivity index (χ0n) is 15.5. The Morgan fingerprint density at radius 3 is 2.52 bits per heavy atom. The Morgan fingerprint density at radius 1 is 0.963 bits per heavy atom. The molecular formula is C22H22N2O3. The molecule has 3 aromatic rings. The van der Waals surface area contributed by atoms with Gasteiger partial charge in [0.25, 0.3) is 5.91 Å². The van der Waals surface area contributed by atoms with Gasteiger partial charge in [0.15, 0.2) is 0 Å². The number of amides is 1. The highest BCUT2D eigenvalue weighted by Crippen LogP contribution is 2.35. The molecule has 1 atom stereocenters. The van der Waals surface area contributed by atoms with E-state index >= 15 is 0 Å². The third kappa shape index (κ3) is 3.05. The Labute approximate surface area is 158 Å². The van der Waals surface area contributed by atoms with Crippen LogP contribution < -0.4 is 9.47 Å². The Balaban J connectivity index is 1.77. The van der Waals surface area contributed by atoms with Crippen LogP contribution >= 0.6 is 0 Å². The molecule has 5 nitrogen and oxygen atoms in total. The highest BCUT2D eigenvalue weighted by Gasteiger charge is 2.33. The van der Waals surface area contributed by atoms with Gasteiger partial charge in [-0.05, 0) is 29.8 Å². The molecule has 0 bridgehead atoms. The number of benzene rings is 2. The second-order valence-electron chi connectivity index (χ2n) is 6.50. The Hall–Kier alpha value is -3.21. The molecule has 0 saturated carbocycles. The molecule has 0 N–H and O–H groups in total. The number of hydrogen-bond donors (Lipinski definition) is 0. The minimum absolute atomic E-state index is 0.0455. The first-order valence-electron chi connectivity index (χ1n) is 8.96. The fraction of sp³-hybridized carbons (Fsp3) is 0.227. The van der Waals surface area contributed by atoms with E-state index in [1.54, 1.807) is 32.4 Å². The highest BCUT2D eigenvalue weighted by molar-refractivity contribution is 5.97. The lowest BCUT2D eigenvalue weighted by molar-refractivity contribution is 0.0660. The van der Waals surface area contributed by atoms with Crippen molar-refractivity contribution in [1.82, 2.24) is 9.47 Å². The number of ether oxygens (including phenoxy) is 2. The van der Waals surface area contributed by atoms with Crippen LogP contribution in [0.4, 0.5) is 0 Å². The molecule has 0 spiro atoms. The lowest BCUT2D eigenvalue weighted by atomic mass is 9.98. The van der Waals surface area contributed by atoms with Gasteiger partial charge in [-0.25, -0.2) is 0 Å². The molecule has 2 heterocycles. The van der Waals surface area contributed by atoms with Gasteiger partial charge >= 0.3 is 0 Å². The van der Waals surface area contributed by atoms with Crippen molar-refractivity contribution in [3.8, 4) is 11.5 Å².